The molecule has 2 N–H and O–H groups in total. The second-order valence-corrected chi connectivity index (χ2v) is 5.59. The maximum absolute atomic E-state index is 12.1. The van der Waals surface area contributed by atoms with Gasteiger partial charge >= 0.3 is 98.6 Å². The second kappa shape index (κ2) is 4.72. The fraction of sp³-hybridized carbons (Fsp3) is 0. The zero-order chi connectivity index (χ0) is 11.0. The third-order valence-corrected chi connectivity index (χ3v) is 4.82. The molecule has 0 radical (unpaired) electrons. The van der Waals surface area contributed by atoms with Crippen LogP contribution in [0, 0.1) is 0 Å². The van der Waals surface area contributed by atoms with Crippen LogP contribution < -0.4 is 5.56 Å². The summed E-state index contributed by atoms with van der Waals surface area (Å²) in [4.78, 5) is 12.1. The number of rotatable bonds is 1. The van der Waals surface area contributed by atoms with Crippen LogP contribution >= 0.6 is 0 Å². The Hall–Kier alpha value is -1.61. The molecule has 17 heavy (non-hydrogen) atoms. The molecule has 0 aliphatic heterocycles. The first-order valence-corrected chi connectivity index (χ1v) is 6.65. The normalized spacial score (nSPS) is 10.1. The van der Waals surface area contributed by atoms with Gasteiger partial charge < -0.3 is 5.48 Å². The van der Waals surface area contributed by atoms with Gasteiger partial charge in [0.1, 0.15) is 0 Å². The molecule has 0 spiro atoms. The topological polar surface area (TPSA) is 53.5 Å². The van der Waals surface area contributed by atoms with Gasteiger partial charge in [0, 0.05) is 0 Å². The fourth-order valence-electron chi connectivity index (χ4n) is 1.71. The van der Waals surface area contributed by atoms with Crippen LogP contribution in [0.3, 0.4) is 0 Å². The molecule has 0 bridgehead atoms. The summed E-state index contributed by atoms with van der Waals surface area (Å²) >= 11 is 0.0784. The third kappa shape index (κ3) is 1.98. The number of hydrogen-bond donors (Lipinski definition) is 0. The van der Waals surface area contributed by atoms with E-state index in [1.165, 1.54) is 4.26 Å². The number of aromatic nitrogens is 1. The molecular formula is C13H11NO2Se. The zero-order valence-corrected chi connectivity index (χ0v) is 10.7. The minimum absolute atomic E-state index is 0. The first-order valence-electron chi connectivity index (χ1n) is 5.03. The summed E-state index contributed by atoms with van der Waals surface area (Å²) in [6, 6.07) is 17.7. The quantitative estimate of drug-likeness (QED) is 0.622. The molecule has 0 aliphatic carbocycles. The molecular weight excluding hydrogens is 281 g/mol. The predicted octanol–water partition coefficient (Wildman–Crippen LogP) is 1.22. The Labute approximate surface area is 104 Å². The van der Waals surface area contributed by atoms with Crippen LogP contribution in [-0.4, -0.2) is 23.8 Å². The van der Waals surface area contributed by atoms with Crippen LogP contribution in [0.2, 0.25) is 0 Å². The molecule has 0 fully saturated rings. The summed E-state index contributed by atoms with van der Waals surface area (Å²) in [7, 11) is 0. The van der Waals surface area contributed by atoms with Gasteiger partial charge in [-0.15, -0.1) is 0 Å². The van der Waals surface area contributed by atoms with Gasteiger partial charge in [0.15, 0.2) is 0 Å². The van der Waals surface area contributed by atoms with Gasteiger partial charge in [0.2, 0.25) is 0 Å². The van der Waals surface area contributed by atoms with Crippen molar-refractivity contribution < 1.29 is 5.48 Å². The molecule has 0 saturated carbocycles. The number of para-hydroxylation sites is 1. The molecule has 2 aromatic carbocycles. The van der Waals surface area contributed by atoms with E-state index in [-0.39, 0.29) is 25.8 Å². The van der Waals surface area contributed by atoms with Crippen molar-refractivity contribution in [3.05, 3.63) is 65.0 Å². The molecule has 0 unspecified atom stereocenters. The first-order chi connectivity index (χ1) is 7.86. The third-order valence-electron chi connectivity index (χ3n) is 2.48. The zero-order valence-electron chi connectivity index (χ0n) is 8.96. The molecule has 3 aromatic rings. The van der Waals surface area contributed by atoms with Gasteiger partial charge in [-0.05, 0) is 0 Å². The van der Waals surface area contributed by atoms with Crippen LogP contribution in [0.1, 0.15) is 0 Å². The second-order valence-electron chi connectivity index (χ2n) is 3.52. The van der Waals surface area contributed by atoms with E-state index >= 15 is 0 Å². The standard InChI is InChI=1S/C13H9NOSe.H2O/c15-13-11-8-4-5-9-12(11)16-14(13)10-6-2-1-3-7-10;/h1-9H;1H2. The van der Waals surface area contributed by atoms with E-state index in [0.717, 1.165) is 11.1 Å². The van der Waals surface area contributed by atoms with Gasteiger partial charge in [0.05, 0.1) is 0 Å². The van der Waals surface area contributed by atoms with Crippen LogP contribution in [0.15, 0.2) is 59.4 Å². The van der Waals surface area contributed by atoms with E-state index in [0.29, 0.717) is 0 Å². The minimum atomic E-state index is 0. The molecule has 4 heteroatoms. The summed E-state index contributed by atoms with van der Waals surface area (Å²) < 4.78 is 3.04. The Kier molecular flexibility index (Phi) is 3.29. The van der Waals surface area contributed by atoms with E-state index < -0.39 is 0 Å². The first kappa shape index (κ1) is 11.9. The molecule has 3 rings (SSSR count). The van der Waals surface area contributed by atoms with E-state index in [1.54, 1.807) is 0 Å². The molecule has 1 heterocycles. The van der Waals surface area contributed by atoms with Gasteiger partial charge in [-0.1, -0.05) is 0 Å². The predicted molar refractivity (Wildman–Crippen MR) is 70.1 cm³/mol. The Balaban J connectivity index is 0.00000108. The number of benzene rings is 2. The SMILES string of the molecule is O.O=c1c2ccccc2[se]n1-c1ccccc1. The number of fused-ring (bicyclic) bond motifs is 1. The summed E-state index contributed by atoms with van der Waals surface area (Å²) in [5.41, 5.74) is 1.12. The van der Waals surface area contributed by atoms with Crippen molar-refractivity contribution in [2.75, 3.05) is 0 Å². The summed E-state index contributed by atoms with van der Waals surface area (Å²) in [6.07, 6.45) is 0. The summed E-state index contributed by atoms with van der Waals surface area (Å²) in [6.45, 7) is 0. The van der Waals surface area contributed by atoms with Gasteiger partial charge in [0.25, 0.3) is 0 Å². The van der Waals surface area contributed by atoms with Crippen molar-refractivity contribution >= 4 is 24.4 Å². The summed E-state index contributed by atoms with van der Waals surface area (Å²) in [5.74, 6) is 0. The van der Waals surface area contributed by atoms with E-state index in [1.807, 2.05) is 58.2 Å². The molecule has 86 valence electrons. The monoisotopic (exact) mass is 293 g/mol. The summed E-state index contributed by atoms with van der Waals surface area (Å²) in [5, 5.41) is 0.853. The van der Waals surface area contributed by atoms with Crippen molar-refractivity contribution in [3.8, 4) is 5.69 Å². The maximum atomic E-state index is 12.1. The fourth-order valence-corrected chi connectivity index (χ4v) is 3.80. The molecule has 3 nitrogen and oxygen atoms in total. The molecule has 1 aromatic heterocycles. The van der Waals surface area contributed by atoms with Crippen molar-refractivity contribution in [1.29, 1.82) is 0 Å². The molecule has 0 aliphatic rings. The van der Waals surface area contributed by atoms with Crippen LogP contribution in [0.25, 0.3) is 15.3 Å². The Morgan fingerprint density at radius 2 is 1.53 bits per heavy atom. The van der Waals surface area contributed by atoms with E-state index in [9.17, 15) is 4.79 Å². The van der Waals surface area contributed by atoms with Crippen LogP contribution in [-0.2, 0) is 0 Å². The molecule has 0 amide bonds. The van der Waals surface area contributed by atoms with Gasteiger partial charge in [-0.2, -0.15) is 0 Å². The van der Waals surface area contributed by atoms with Gasteiger partial charge in [-0.25, -0.2) is 0 Å². The Bertz CT molecular complexity index is 685. The average molecular weight is 292 g/mol. The van der Waals surface area contributed by atoms with E-state index in [4.69, 9.17) is 0 Å². The molecule has 0 atom stereocenters. The Morgan fingerprint density at radius 1 is 0.882 bits per heavy atom. The van der Waals surface area contributed by atoms with E-state index in [2.05, 4.69) is 0 Å². The number of nitrogens with zero attached hydrogens (tertiary/aromatic N) is 1. The number of hydrogen-bond acceptors (Lipinski definition) is 1. The average Bonchev–Trinajstić information content (AvgIpc) is 2.69. The van der Waals surface area contributed by atoms with Crippen molar-refractivity contribution in [1.82, 2.24) is 3.56 Å². The van der Waals surface area contributed by atoms with Crippen molar-refractivity contribution in [2.24, 2.45) is 0 Å². The van der Waals surface area contributed by atoms with Gasteiger partial charge in [-0.3, -0.25) is 0 Å². The van der Waals surface area contributed by atoms with Crippen LogP contribution in [0.5, 0.6) is 0 Å². The van der Waals surface area contributed by atoms with Crippen LogP contribution in [0.4, 0.5) is 0 Å². The van der Waals surface area contributed by atoms with Crippen molar-refractivity contribution in [2.45, 2.75) is 0 Å². The van der Waals surface area contributed by atoms with Crippen molar-refractivity contribution in [3.63, 3.8) is 0 Å². The Morgan fingerprint density at radius 3 is 2.24 bits per heavy atom. The molecule has 0 saturated heterocycles.